The largest absolute Gasteiger partial charge is 0.465 e. The molecule has 5 heteroatoms. The molecule has 0 aliphatic heterocycles. The van der Waals surface area contributed by atoms with E-state index in [2.05, 4.69) is 16.8 Å². The van der Waals surface area contributed by atoms with E-state index < -0.39 is 0 Å². The molecule has 1 aromatic heterocycles. The molecule has 2 N–H and O–H groups in total. The van der Waals surface area contributed by atoms with Crippen molar-refractivity contribution in [2.75, 3.05) is 12.3 Å². The second kappa shape index (κ2) is 5.99. The number of ether oxygens (including phenoxy) is 1. The molecule has 1 heterocycles. The van der Waals surface area contributed by atoms with Crippen LogP contribution in [0.4, 0.5) is 5.69 Å². The second-order valence-electron chi connectivity index (χ2n) is 2.88. The highest BCUT2D eigenvalue weighted by atomic mass is 35.5. The van der Waals surface area contributed by atoms with Gasteiger partial charge in [-0.2, -0.15) is 0 Å². The third-order valence-electron chi connectivity index (χ3n) is 1.66. The lowest BCUT2D eigenvalue weighted by Crippen LogP contribution is -2.01. The Labute approximate surface area is 98.8 Å². The Kier molecular flexibility index (Phi) is 4.62. The van der Waals surface area contributed by atoms with Crippen molar-refractivity contribution in [3.63, 3.8) is 0 Å². The van der Waals surface area contributed by atoms with Gasteiger partial charge in [-0.1, -0.05) is 23.4 Å². The summed E-state index contributed by atoms with van der Waals surface area (Å²) < 4.78 is 4.72. The van der Waals surface area contributed by atoms with Crippen molar-refractivity contribution in [2.24, 2.45) is 0 Å². The third-order valence-corrected chi connectivity index (χ3v) is 1.87. The number of nitrogens with zero attached hydrogens (tertiary/aromatic N) is 1. The number of halogens is 1. The fourth-order valence-electron chi connectivity index (χ4n) is 0.972. The minimum Gasteiger partial charge on any atom is -0.465 e. The van der Waals surface area contributed by atoms with Crippen LogP contribution in [-0.4, -0.2) is 17.6 Å². The van der Waals surface area contributed by atoms with Gasteiger partial charge in [-0.3, -0.25) is 4.79 Å². The molecular weight excluding hydrogens is 228 g/mol. The minimum absolute atomic E-state index is 0.0376. The van der Waals surface area contributed by atoms with Gasteiger partial charge in [-0.25, -0.2) is 4.98 Å². The van der Waals surface area contributed by atoms with Crippen LogP contribution in [0, 0.1) is 11.8 Å². The monoisotopic (exact) mass is 238 g/mol. The highest BCUT2D eigenvalue weighted by Crippen LogP contribution is 2.13. The number of hydrogen-bond acceptors (Lipinski definition) is 4. The summed E-state index contributed by atoms with van der Waals surface area (Å²) >= 11 is 5.63. The Morgan fingerprint density at radius 2 is 2.44 bits per heavy atom. The average Bonchev–Trinajstić information content (AvgIpc) is 2.22. The summed E-state index contributed by atoms with van der Waals surface area (Å²) in [6, 6.07) is 1.51. The van der Waals surface area contributed by atoms with Crippen molar-refractivity contribution in [3.05, 3.63) is 23.0 Å². The van der Waals surface area contributed by atoms with E-state index in [1.807, 2.05) is 0 Å². The fraction of sp³-hybridized carbons (Fsp3) is 0.273. The van der Waals surface area contributed by atoms with Crippen molar-refractivity contribution in [1.29, 1.82) is 0 Å². The Balaban J connectivity index is 2.66. The Bertz CT molecular complexity index is 449. The Morgan fingerprint density at radius 1 is 1.69 bits per heavy atom. The molecule has 0 aliphatic carbocycles. The quantitative estimate of drug-likeness (QED) is 0.483. The summed E-state index contributed by atoms with van der Waals surface area (Å²) in [7, 11) is 0. The van der Waals surface area contributed by atoms with Crippen LogP contribution in [-0.2, 0) is 9.53 Å². The van der Waals surface area contributed by atoms with E-state index in [1.54, 1.807) is 6.92 Å². The van der Waals surface area contributed by atoms with Gasteiger partial charge in [0.15, 0.2) is 0 Å². The van der Waals surface area contributed by atoms with E-state index in [-0.39, 0.29) is 12.4 Å². The van der Waals surface area contributed by atoms with Crippen molar-refractivity contribution in [3.8, 4) is 11.8 Å². The number of aromatic nitrogens is 1. The summed E-state index contributed by atoms with van der Waals surface area (Å²) in [4.78, 5) is 14.8. The SMILES string of the molecule is CCOC(=O)CC#Cc1cnc(Cl)cc1N. The molecule has 0 saturated carbocycles. The first kappa shape index (κ1) is 12.3. The van der Waals surface area contributed by atoms with E-state index in [1.165, 1.54) is 12.3 Å². The third kappa shape index (κ3) is 3.79. The molecule has 0 fully saturated rings. The van der Waals surface area contributed by atoms with Gasteiger partial charge in [-0.05, 0) is 13.0 Å². The number of rotatable bonds is 2. The van der Waals surface area contributed by atoms with E-state index in [0.717, 1.165) is 0 Å². The normalized spacial score (nSPS) is 9.12. The number of anilines is 1. The zero-order valence-corrected chi connectivity index (χ0v) is 9.54. The molecule has 16 heavy (non-hydrogen) atoms. The van der Waals surface area contributed by atoms with Crippen molar-refractivity contribution in [1.82, 2.24) is 4.98 Å². The van der Waals surface area contributed by atoms with Crippen LogP contribution in [0.2, 0.25) is 5.15 Å². The van der Waals surface area contributed by atoms with Gasteiger partial charge in [0.2, 0.25) is 0 Å². The highest BCUT2D eigenvalue weighted by molar-refractivity contribution is 6.29. The highest BCUT2D eigenvalue weighted by Gasteiger charge is 1.99. The predicted molar refractivity (Wildman–Crippen MR) is 61.8 cm³/mol. The van der Waals surface area contributed by atoms with Crippen molar-refractivity contribution < 1.29 is 9.53 Å². The van der Waals surface area contributed by atoms with E-state index >= 15 is 0 Å². The van der Waals surface area contributed by atoms with Gasteiger partial charge in [0.05, 0.1) is 17.9 Å². The number of carbonyl (C=O) groups excluding carboxylic acids is 1. The first-order valence-electron chi connectivity index (χ1n) is 4.69. The van der Waals surface area contributed by atoms with E-state index in [0.29, 0.717) is 23.0 Å². The molecule has 0 bridgehead atoms. The summed E-state index contributed by atoms with van der Waals surface area (Å²) in [6.07, 6.45) is 1.51. The van der Waals surface area contributed by atoms with Crippen LogP contribution < -0.4 is 5.73 Å². The maximum absolute atomic E-state index is 11.0. The van der Waals surface area contributed by atoms with Crippen LogP contribution in [0.15, 0.2) is 12.3 Å². The van der Waals surface area contributed by atoms with Gasteiger partial charge < -0.3 is 10.5 Å². The standard InChI is InChI=1S/C11H11ClN2O2/c1-2-16-11(15)5-3-4-8-7-14-10(12)6-9(8)13/h6-7H,2,5H2,1H3,(H2,13,14). The number of esters is 1. The lowest BCUT2D eigenvalue weighted by molar-refractivity contribution is -0.141. The number of carbonyl (C=O) groups is 1. The Morgan fingerprint density at radius 3 is 3.06 bits per heavy atom. The van der Waals surface area contributed by atoms with Crippen LogP contribution in [0.1, 0.15) is 18.9 Å². The maximum Gasteiger partial charge on any atom is 0.317 e. The fourth-order valence-corrected chi connectivity index (χ4v) is 1.14. The molecule has 0 spiro atoms. The van der Waals surface area contributed by atoms with Gasteiger partial charge in [0.1, 0.15) is 11.6 Å². The average molecular weight is 239 g/mol. The molecular formula is C11H11ClN2O2. The topological polar surface area (TPSA) is 65.2 Å². The molecule has 1 aromatic rings. The number of nitrogen functional groups attached to an aromatic ring is 1. The zero-order chi connectivity index (χ0) is 12.0. The molecule has 0 aromatic carbocycles. The Hall–Kier alpha value is -1.73. The molecule has 84 valence electrons. The van der Waals surface area contributed by atoms with Gasteiger partial charge in [0, 0.05) is 6.20 Å². The molecule has 0 unspecified atom stereocenters. The van der Waals surface area contributed by atoms with Crippen molar-refractivity contribution in [2.45, 2.75) is 13.3 Å². The first-order chi connectivity index (χ1) is 7.63. The summed E-state index contributed by atoms with van der Waals surface area (Å²) in [5, 5.41) is 0.313. The molecule has 1 rings (SSSR count). The lowest BCUT2D eigenvalue weighted by atomic mass is 10.2. The molecule has 0 amide bonds. The molecule has 0 saturated heterocycles. The number of hydrogen-bond donors (Lipinski definition) is 1. The van der Waals surface area contributed by atoms with Gasteiger partial charge in [-0.15, -0.1) is 0 Å². The summed E-state index contributed by atoms with van der Waals surface area (Å²) in [6.45, 7) is 2.09. The predicted octanol–water partition coefficient (Wildman–Crippen LogP) is 1.62. The second-order valence-corrected chi connectivity index (χ2v) is 3.27. The van der Waals surface area contributed by atoms with Crippen LogP contribution in [0.5, 0.6) is 0 Å². The van der Waals surface area contributed by atoms with E-state index in [4.69, 9.17) is 22.1 Å². The lowest BCUT2D eigenvalue weighted by Gasteiger charge is -1.97. The molecule has 0 atom stereocenters. The molecule has 0 radical (unpaired) electrons. The van der Waals surface area contributed by atoms with Crippen LogP contribution in [0.25, 0.3) is 0 Å². The number of pyridine rings is 1. The van der Waals surface area contributed by atoms with Crippen molar-refractivity contribution >= 4 is 23.3 Å². The zero-order valence-electron chi connectivity index (χ0n) is 8.79. The summed E-state index contributed by atoms with van der Waals surface area (Å²) in [5.41, 5.74) is 6.64. The van der Waals surface area contributed by atoms with Crippen LogP contribution >= 0.6 is 11.6 Å². The summed E-state index contributed by atoms with van der Waals surface area (Å²) in [5.74, 6) is 5.04. The van der Waals surface area contributed by atoms with Gasteiger partial charge >= 0.3 is 5.97 Å². The maximum atomic E-state index is 11.0. The van der Waals surface area contributed by atoms with Crippen LogP contribution in [0.3, 0.4) is 0 Å². The molecule has 0 aliphatic rings. The van der Waals surface area contributed by atoms with Gasteiger partial charge in [0.25, 0.3) is 0 Å². The van der Waals surface area contributed by atoms with E-state index in [9.17, 15) is 4.79 Å². The first-order valence-corrected chi connectivity index (χ1v) is 5.06. The smallest absolute Gasteiger partial charge is 0.317 e. The minimum atomic E-state index is -0.351. The number of nitrogens with two attached hydrogens (primary N) is 1. The molecule has 4 nitrogen and oxygen atoms in total.